The van der Waals surface area contributed by atoms with Crippen molar-refractivity contribution in [1.29, 1.82) is 0 Å². The van der Waals surface area contributed by atoms with Gasteiger partial charge in [-0.05, 0) is 0 Å². The molecule has 2 N–H and O–H groups in total. The number of carboxylic acids is 1. The molecule has 0 aromatic carbocycles. The van der Waals surface area contributed by atoms with Crippen LogP contribution in [0.1, 0.15) is 37.9 Å². The monoisotopic (exact) mass is 282 g/mol. The van der Waals surface area contributed by atoms with E-state index in [1.165, 1.54) is 0 Å². The summed E-state index contributed by atoms with van der Waals surface area (Å²) in [5.74, 6) is -0.134. The van der Waals surface area contributed by atoms with Gasteiger partial charge in [0.1, 0.15) is 6.04 Å². The molecule has 0 radical (unpaired) electrons. The van der Waals surface area contributed by atoms with Gasteiger partial charge in [-0.15, -0.1) is 0 Å². The van der Waals surface area contributed by atoms with Crippen molar-refractivity contribution in [1.82, 2.24) is 20.4 Å². The molecule has 1 aromatic rings. The van der Waals surface area contributed by atoms with E-state index in [0.717, 1.165) is 0 Å². The fraction of sp³-hybridized carbons (Fsp3) is 0.667. The smallest absolute Gasteiger partial charge is 0.305 e. The first kappa shape index (κ1) is 14.4. The van der Waals surface area contributed by atoms with Crippen molar-refractivity contribution in [2.45, 2.75) is 38.8 Å². The number of amides is 1. The first-order valence-electron chi connectivity index (χ1n) is 6.53. The Morgan fingerprint density at radius 3 is 2.95 bits per heavy atom. The lowest BCUT2D eigenvalue weighted by atomic mass is 10.1. The summed E-state index contributed by atoms with van der Waals surface area (Å²) in [6.45, 7) is 5.25. The molecule has 2 heterocycles. The Morgan fingerprint density at radius 2 is 2.35 bits per heavy atom. The molecule has 0 bridgehead atoms. The van der Waals surface area contributed by atoms with E-state index < -0.39 is 12.0 Å². The van der Waals surface area contributed by atoms with E-state index in [9.17, 15) is 9.59 Å². The first-order chi connectivity index (χ1) is 9.47. The van der Waals surface area contributed by atoms with Crippen molar-refractivity contribution in [3.63, 3.8) is 0 Å². The third-order valence-corrected chi connectivity index (χ3v) is 3.13. The summed E-state index contributed by atoms with van der Waals surface area (Å²) in [4.78, 5) is 28.6. The van der Waals surface area contributed by atoms with Gasteiger partial charge in [0, 0.05) is 19.0 Å². The van der Waals surface area contributed by atoms with Crippen LogP contribution in [-0.4, -0.2) is 51.2 Å². The highest BCUT2D eigenvalue weighted by Gasteiger charge is 2.32. The van der Waals surface area contributed by atoms with Gasteiger partial charge in [0.2, 0.25) is 11.8 Å². The number of rotatable bonds is 5. The Kier molecular flexibility index (Phi) is 4.33. The van der Waals surface area contributed by atoms with E-state index in [-0.39, 0.29) is 18.2 Å². The van der Waals surface area contributed by atoms with Crippen LogP contribution in [0.4, 0.5) is 0 Å². The number of piperazine rings is 1. The molecule has 0 aliphatic carbocycles. The highest BCUT2D eigenvalue weighted by molar-refractivity contribution is 5.86. The standard InChI is InChI=1S/C12H18N4O4/c1-7(2)12-14-9(15-20-12)6-16-4-3-13-11(19)8(16)5-10(17)18/h7-8H,3-6H2,1-2H3,(H,13,19)(H,17,18). The topological polar surface area (TPSA) is 109 Å². The van der Waals surface area contributed by atoms with Gasteiger partial charge in [-0.25, -0.2) is 0 Å². The number of hydrogen-bond donors (Lipinski definition) is 2. The minimum absolute atomic E-state index is 0.135. The van der Waals surface area contributed by atoms with Gasteiger partial charge >= 0.3 is 5.97 Å². The Bertz CT molecular complexity index is 499. The zero-order valence-corrected chi connectivity index (χ0v) is 11.5. The van der Waals surface area contributed by atoms with E-state index in [4.69, 9.17) is 9.63 Å². The average molecular weight is 282 g/mol. The summed E-state index contributed by atoms with van der Waals surface area (Å²) in [7, 11) is 0. The van der Waals surface area contributed by atoms with Gasteiger partial charge < -0.3 is 14.9 Å². The lowest BCUT2D eigenvalue weighted by molar-refractivity contribution is -0.143. The number of hydrogen-bond acceptors (Lipinski definition) is 6. The molecule has 20 heavy (non-hydrogen) atoms. The van der Waals surface area contributed by atoms with Gasteiger partial charge in [-0.3, -0.25) is 14.5 Å². The molecule has 2 rings (SSSR count). The number of carbonyl (C=O) groups is 2. The highest BCUT2D eigenvalue weighted by Crippen LogP contribution is 2.15. The summed E-state index contributed by atoms with van der Waals surface area (Å²) in [6, 6.07) is -0.692. The summed E-state index contributed by atoms with van der Waals surface area (Å²) in [6.07, 6.45) is -0.235. The SMILES string of the molecule is CC(C)c1nc(CN2CCNC(=O)C2CC(=O)O)no1. The van der Waals surface area contributed by atoms with Crippen molar-refractivity contribution in [3.05, 3.63) is 11.7 Å². The van der Waals surface area contributed by atoms with Crippen molar-refractivity contribution in [2.75, 3.05) is 13.1 Å². The highest BCUT2D eigenvalue weighted by atomic mass is 16.5. The number of carbonyl (C=O) groups excluding carboxylic acids is 1. The predicted molar refractivity (Wildman–Crippen MR) is 67.8 cm³/mol. The third kappa shape index (κ3) is 3.32. The second-order valence-electron chi connectivity index (χ2n) is 5.08. The summed E-state index contributed by atoms with van der Waals surface area (Å²) < 4.78 is 5.11. The number of nitrogens with zero attached hydrogens (tertiary/aromatic N) is 3. The molecule has 0 saturated carbocycles. The van der Waals surface area contributed by atoms with E-state index in [1.54, 1.807) is 4.90 Å². The largest absolute Gasteiger partial charge is 0.481 e. The van der Waals surface area contributed by atoms with E-state index in [0.29, 0.717) is 31.3 Å². The molecule has 1 unspecified atom stereocenters. The van der Waals surface area contributed by atoms with Crippen molar-refractivity contribution >= 4 is 11.9 Å². The zero-order chi connectivity index (χ0) is 14.7. The van der Waals surface area contributed by atoms with E-state index in [1.807, 2.05) is 13.8 Å². The van der Waals surface area contributed by atoms with Gasteiger partial charge in [0.15, 0.2) is 5.82 Å². The van der Waals surface area contributed by atoms with Crippen molar-refractivity contribution in [2.24, 2.45) is 0 Å². The Hall–Kier alpha value is -1.96. The molecule has 1 fully saturated rings. The van der Waals surface area contributed by atoms with Crippen molar-refractivity contribution in [3.8, 4) is 0 Å². The maximum absolute atomic E-state index is 11.8. The lowest BCUT2D eigenvalue weighted by Gasteiger charge is -2.33. The fourth-order valence-electron chi connectivity index (χ4n) is 2.09. The van der Waals surface area contributed by atoms with Gasteiger partial charge in [-0.2, -0.15) is 4.98 Å². The van der Waals surface area contributed by atoms with Crippen LogP contribution in [-0.2, 0) is 16.1 Å². The van der Waals surface area contributed by atoms with Gasteiger partial charge in [-0.1, -0.05) is 19.0 Å². The first-order valence-corrected chi connectivity index (χ1v) is 6.53. The molecule has 1 atom stereocenters. The van der Waals surface area contributed by atoms with Crippen LogP contribution >= 0.6 is 0 Å². The van der Waals surface area contributed by atoms with Crippen molar-refractivity contribution < 1.29 is 19.2 Å². The molecule has 1 amide bonds. The second-order valence-corrected chi connectivity index (χ2v) is 5.08. The minimum Gasteiger partial charge on any atom is -0.481 e. The Labute approximate surface area is 116 Å². The van der Waals surface area contributed by atoms with Crippen LogP contribution in [0.5, 0.6) is 0 Å². The molecule has 1 aliphatic heterocycles. The summed E-state index contributed by atoms with van der Waals surface area (Å²) in [5, 5.41) is 15.4. The molecule has 0 spiro atoms. The Balaban J connectivity index is 2.07. The molecular formula is C12H18N4O4. The normalized spacial score (nSPS) is 20.1. The number of aliphatic carboxylic acids is 1. The van der Waals surface area contributed by atoms with Gasteiger partial charge in [0.25, 0.3) is 0 Å². The number of aromatic nitrogens is 2. The van der Waals surface area contributed by atoms with E-state index in [2.05, 4.69) is 15.5 Å². The zero-order valence-electron chi connectivity index (χ0n) is 11.5. The number of nitrogens with one attached hydrogen (secondary N) is 1. The molecule has 8 nitrogen and oxygen atoms in total. The predicted octanol–water partition coefficient (Wildman–Crippen LogP) is -0.0319. The quantitative estimate of drug-likeness (QED) is 0.780. The van der Waals surface area contributed by atoms with Crippen LogP contribution in [0.15, 0.2) is 4.52 Å². The van der Waals surface area contributed by atoms with Gasteiger partial charge in [0.05, 0.1) is 13.0 Å². The second kappa shape index (κ2) is 6.00. The Morgan fingerprint density at radius 1 is 1.60 bits per heavy atom. The number of carboxylic acid groups (broad SMARTS) is 1. The third-order valence-electron chi connectivity index (χ3n) is 3.13. The molecule has 8 heteroatoms. The molecule has 1 saturated heterocycles. The maximum Gasteiger partial charge on any atom is 0.305 e. The maximum atomic E-state index is 11.8. The van der Waals surface area contributed by atoms with Crippen LogP contribution in [0.25, 0.3) is 0 Å². The van der Waals surface area contributed by atoms with Crippen LogP contribution in [0.3, 0.4) is 0 Å². The molecule has 110 valence electrons. The minimum atomic E-state index is -1.01. The summed E-state index contributed by atoms with van der Waals surface area (Å²) >= 11 is 0. The van der Waals surface area contributed by atoms with Crippen LogP contribution in [0.2, 0.25) is 0 Å². The molecule has 1 aliphatic rings. The van der Waals surface area contributed by atoms with Crippen LogP contribution in [0, 0.1) is 0 Å². The lowest BCUT2D eigenvalue weighted by Crippen LogP contribution is -2.55. The van der Waals surface area contributed by atoms with E-state index >= 15 is 0 Å². The average Bonchev–Trinajstić information content (AvgIpc) is 2.82. The summed E-state index contributed by atoms with van der Waals surface area (Å²) in [5.41, 5.74) is 0. The van der Waals surface area contributed by atoms with Crippen LogP contribution < -0.4 is 5.32 Å². The fourth-order valence-corrected chi connectivity index (χ4v) is 2.09. The molecule has 1 aromatic heterocycles. The molecular weight excluding hydrogens is 264 g/mol.